The summed E-state index contributed by atoms with van der Waals surface area (Å²) in [6.45, 7) is 0. The van der Waals surface area contributed by atoms with Gasteiger partial charge in [0.05, 0.1) is 16.1 Å². The molecule has 4 rings (SSSR count). The Labute approximate surface area is 138 Å². The number of imidazole rings is 1. The molecule has 0 N–H and O–H groups in total. The molecule has 5 heteroatoms. The van der Waals surface area contributed by atoms with Crippen molar-refractivity contribution in [2.75, 3.05) is 0 Å². The monoisotopic (exact) mass is 315 g/mol. The molecule has 0 saturated carbocycles. The highest BCUT2D eigenvalue weighted by Crippen LogP contribution is 2.31. The predicted molar refractivity (Wildman–Crippen MR) is 92.7 cm³/mol. The van der Waals surface area contributed by atoms with Crippen molar-refractivity contribution in [3.05, 3.63) is 89.1 Å². The van der Waals surface area contributed by atoms with Crippen LogP contribution in [0, 0.1) is 10.1 Å². The molecule has 0 amide bonds. The third kappa shape index (κ3) is 2.32. The number of nitro groups is 1. The lowest BCUT2D eigenvalue weighted by atomic mass is 10.1. The van der Waals surface area contributed by atoms with E-state index in [0.717, 1.165) is 28.2 Å². The van der Waals surface area contributed by atoms with E-state index in [1.807, 2.05) is 65.2 Å². The van der Waals surface area contributed by atoms with Gasteiger partial charge in [-0.1, -0.05) is 48.5 Å². The number of fused-ring (bicyclic) bond motifs is 1. The van der Waals surface area contributed by atoms with E-state index in [-0.39, 0.29) is 10.6 Å². The maximum Gasteiger partial charge on any atom is 0.270 e. The molecule has 0 atom stereocenters. The molecule has 2 heterocycles. The molecule has 2 aromatic carbocycles. The van der Waals surface area contributed by atoms with Gasteiger partial charge in [-0.15, -0.1) is 0 Å². The van der Waals surface area contributed by atoms with Crippen molar-refractivity contribution in [1.82, 2.24) is 9.38 Å². The topological polar surface area (TPSA) is 60.4 Å². The van der Waals surface area contributed by atoms with Crippen molar-refractivity contribution in [1.29, 1.82) is 0 Å². The number of rotatable bonds is 3. The van der Waals surface area contributed by atoms with E-state index in [4.69, 9.17) is 4.98 Å². The summed E-state index contributed by atoms with van der Waals surface area (Å²) in [6, 6.07) is 22.3. The van der Waals surface area contributed by atoms with Gasteiger partial charge in [-0.25, -0.2) is 4.98 Å². The zero-order chi connectivity index (χ0) is 16.5. The highest BCUT2D eigenvalue weighted by atomic mass is 16.6. The standard InChI is InChI=1S/C19H13N3O2/c23-22(24)16-10-6-9-15(13-16)18-17-11-4-5-12-21(17)19(20-18)14-7-2-1-3-8-14/h1-13H. The average molecular weight is 315 g/mol. The highest BCUT2D eigenvalue weighted by Gasteiger charge is 2.15. The van der Waals surface area contributed by atoms with Crippen molar-refractivity contribution in [3.8, 4) is 22.6 Å². The molecule has 0 bridgehead atoms. The van der Waals surface area contributed by atoms with Gasteiger partial charge in [0.1, 0.15) is 5.82 Å². The second kappa shape index (κ2) is 5.62. The normalized spacial score (nSPS) is 10.8. The second-order valence-corrected chi connectivity index (χ2v) is 5.41. The minimum absolute atomic E-state index is 0.0610. The summed E-state index contributed by atoms with van der Waals surface area (Å²) in [6.07, 6.45) is 1.95. The van der Waals surface area contributed by atoms with E-state index in [9.17, 15) is 10.1 Å². The van der Waals surface area contributed by atoms with E-state index in [1.54, 1.807) is 12.1 Å². The SMILES string of the molecule is O=[N+]([O-])c1cccc(-c2nc(-c3ccccc3)n3ccccc23)c1. The lowest BCUT2D eigenvalue weighted by Gasteiger charge is -2.00. The minimum atomic E-state index is -0.389. The summed E-state index contributed by atoms with van der Waals surface area (Å²) in [5, 5.41) is 11.1. The lowest BCUT2D eigenvalue weighted by molar-refractivity contribution is -0.384. The van der Waals surface area contributed by atoms with Crippen LogP contribution in [0.15, 0.2) is 79.0 Å². The third-order valence-corrected chi connectivity index (χ3v) is 3.91. The van der Waals surface area contributed by atoms with E-state index < -0.39 is 0 Å². The molecule has 2 aromatic heterocycles. The number of nitro benzene ring substituents is 1. The molecular formula is C19H13N3O2. The molecule has 5 nitrogen and oxygen atoms in total. The summed E-state index contributed by atoms with van der Waals surface area (Å²) in [5.74, 6) is 0.813. The van der Waals surface area contributed by atoms with E-state index in [0.29, 0.717) is 0 Å². The van der Waals surface area contributed by atoms with E-state index >= 15 is 0 Å². The molecule has 0 saturated heterocycles. The van der Waals surface area contributed by atoms with E-state index in [2.05, 4.69) is 0 Å². The Kier molecular flexibility index (Phi) is 3.31. The molecule has 4 aromatic rings. The van der Waals surface area contributed by atoms with Crippen molar-refractivity contribution >= 4 is 11.2 Å². The third-order valence-electron chi connectivity index (χ3n) is 3.91. The van der Waals surface area contributed by atoms with Gasteiger partial charge in [0.15, 0.2) is 0 Å². The number of non-ortho nitro benzene ring substituents is 1. The van der Waals surface area contributed by atoms with Crippen LogP contribution in [0.3, 0.4) is 0 Å². The number of hydrogen-bond acceptors (Lipinski definition) is 3. The van der Waals surface area contributed by atoms with Crippen molar-refractivity contribution in [2.24, 2.45) is 0 Å². The highest BCUT2D eigenvalue weighted by molar-refractivity contribution is 5.82. The molecule has 0 aliphatic rings. The number of hydrogen-bond donors (Lipinski definition) is 0. The summed E-state index contributed by atoms with van der Waals surface area (Å²) in [7, 11) is 0. The Hall–Kier alpha value is -3.47. The molecule has 0 fully saturated rings. The average Bonchev–Trinajstić information content (AvgIpc) is 3.02. The summed E-state index contributed by atoms with van der Waals surface area (Å²) >= 11 is 0. The Morgan fingerprint density at radius 1 is 0.875 bits per heavy atom. The molecule has 0 unspecified atom stereocenters. The summed E-state index contributed by atoms with van der Waals surface area (Å²) < 4.78 is 2.00. The number of pyridine rings is 1. The van der Waals surface area contributed by atoms with Gasteiger partial charge in [-0.3, -0.25) is 14.5 Å². The zero-order valence-corrected chi connectivity index (χ0v) is 12.7. The predicted octanol–water partition coefficient (Wildman–Crippen LogP) is 4.58. The molecule has 0 aliphatic heterocycles. The van der Waals surface area contributed by atoms with Crippen LogP contribution in [0.4, 0.5) is 5.69 Å². The Morgan fingerprint density at radius 3 is 2.42 bits per heavy atom. The van der Waals surface area contributed by atoms with Gasteiger partial charge >= 0.3 is 0 Å². The number of aromatic nitrogens is 2. The van der Waals surface area contributed by atoms with Gasteiger partial charge in [0, 0.05) is 29.5 Å². The van der Waals surface area contributed by atoms with Crippen LogP contribution in [0.2, 0.25) is 0 Å². The molecule has 0 aliphatic carbocycles. The summed E-state index contributed by atoms with van der Waals surface area (Å²) in [5.41, 5.74) is 3.44. The quantitative estimate of drug-likeness (QED) is 0.411. The minimum Gasteiger partial charge on any atom is -0.299 e. The molecule has 0 spiro atoms. The Morgan fingerprint density at radius 2 is 1.62 bits per heavy atom. The van der Waals surface area contributed by atoms with Gasteiger partial charge in [0.25, 0.3) is 5.69 Å². The Bertz CT molecular complexity index is 1040. The van der Waals surface area contributed by atoms with Crippen molar-refractivity contribution in [2.45, 2.75) is 0 Å². The molecule has 116 valence electrons. The van der Waals surface area contributed by atoms with Crippen LogP contribution in [-0.4, -0.2) is 14.3 Å². The molecule has 0 radical (unpaired) electrons. The first-order valence-electron chi connectivity index (χ1n) is 7.51. The second-order valence-electron chi connectivity index (χ2n) is 5.41. The largest absolute Gasteiger partial charge is 0.299 e. The first kappa shape index (κ1) is 14.1. The lowest BCUT2D eigenvalue weighted by Crippen LogP contribution is -1.88. The fourth-order valence-electron chi connectivity index (χ4n) is 2.81. The van der Waals surface area contributed by atoms with Gasteiger partial charge in [0.2, 0.25) is 0 Å². The molecule has 24 heavy (non-hydrogen) atoms. The van der Waals surface area contributed by atoms with Crippen LogP contribution in [0.1, 0.15) is 0 Å². The first-order chi connectivity index (χ1) is 11.7. The maximum atomic E-state index is 11.1. The van der Waals surface area contributed by atoms with Gasteiger partial charge < -0.3 is 0 Å². The van der Waals surface area contributed by atoms with E-state index in [1.165, 1.54) is 6.07 Å². The van der Waals surface area contributed by atoms with Crippen LogP contribution in [-0.2, 0) is 0 Å². The smallest absolute Gasteiger partial charge is 0.270 e. The van der Waals surface area contributed by atoms with Crippen LogP contribution in [0.25, 0.3) is 28.2 Å². The maximum absolute atomic E-state index is 11.1. The zero-order valence-electron chi connectivity index (χ0n) is 12.7. The van der Waals surface area contributed by atoms with Gasteiger partial charge in [-0.05, 0) is 12.1 Å². The molecular weight excluding hydrogens is 302 g/mol. The number of benzene rings is 2. The van der Waals surface area contributed by atoms with Crippen molar-refractivity contribution in [3.63, 3.8) is 0 Å². The van der Waals surface area contributed by atoms with Crippen LogP contribution >= 0.6 is 0 Å². The van der Waals surface area contributed by atoms with Gasteiger partial charge in [-0.2, -0.15) is 0 Å². The fourth-order valence-corrected chi connectivity index (χ4v) is 2.81. The fraction of sp³-hybridized carbons (Fsp3) is 0. The van der Waals surface area contributed by atoms with Crippen molar-refractivity contribution < 1.29 is 4.92 Å². The van der Waals surface area contributed by atoms with Crippen LogP contribution < -0.4 is 0 Å². The van der Waals surface area contributed by atoms with Crippen LogP contribution in [0.5, 0.6) is 0 Å². The number of nitrogens with zero attached hydrogens (tertiary/aromatic N) is 3. The summed E-state index contributed by atoms with van der Waals surface area (Å²) in [4.78, 5) is 15.4. The first-order valence-corrected chi connectivity index (χ1v) is 7.51. The Balaban J connectivity index is 1.97.